The third-order valence-corrected chi connectivity index (χ3v) is 7.79. The quantitative estimate of drug-likeness (QED) is 0.512. The lowest BCUT2D eigenvalue weighted by Gasteiger charge is -2.24. The van der Waals surface area contributed by atoms with Gasteiger partial charge in [-0.1, -0.05) is 25.8 Å². The molecule has 0 spiro atoms. The molecule has 2 aromatic rings. The number of halogens is 2. The second kappa shape index (κ2) is 11.3. The molecule has 180 valence electrons. The fourth-order valence-corrected chi connectivity index (χ4v) is 5.82. The van der Waals surface area contributed by atoms with Gasteiger partial charge in [0.2, 0.25) is 5.95 Å². The van der Waals surface area contributed by atoms with E-state index in [4.69, 9.17) is 4.74 Å². The number of aryl methyl sites for hydroxylation is 1. The zero-order chi connectivity index (χ0) is 23.2. The molecule has 0 amide bonds. The second-order valence-electron chi connectivity index (χ2n) is 8.72. The molecule has 2 N–H and O–H groups in total. The Hall–Kier alpha value is -2.13. The van der Waals surface area contributed by atoms with Crippen molar-refractivity contribution in [2.24, 2.45) is 0 Å². The number of benzene rings is 1. The van der Waals surface area contributed by atoms with Crippen LogP contribution in [0.15, 0.2) is 23.1 Å². The van der Waals surface area contributed by atoms with Crippen molar-refractivity contribution in [2.75, 3.05) is 36.1 Å². The minimum Gasteiger partial charge on any atom is -0.381 e. The highest BCUT2D eigenvalue weighted by molar-refractivity contribution is 7.85. The predicted octanol–water partition coefficient (Wildman–Crippen LogP) is 4.79. The number of nitrogens with one attached hydrogen (secondary N) is 2. The molecular weight excluding hydrogens is 446 g/mol. The van der Waals surface area contributed by atoms with Crippen molar-refractivity contribution in [1.82, 2.24) is 9.97 Å². The third-order valence-electron chi connectivity index (χ3n) is 6.33. The van der Waals surface area contributed by atoms with Gasteiger partial charge in [-0.3, -0.25) is 4.21 Å². The summed E-state index contributed by atoms with van der Waals surface area (Å²) >= 11 is 0. The molecule has 2 aliphatic rings. The first-order valence-corrected chi connectivity index (χ1v) is 13.2. The summed E-state index contributed by atoms with van der Waals surface area (Å²) in [5.74, 6) is 0.652. The molecule has 2 unspecified atom stereocenters. The monoisotopic (exact) mass is 478 g/mol. The smallest absolute Gasteiger partial charge is 0.224 e. The molecule has 6 nitrogen and oxygen atoms in total. The van der Waals surface area contributed by atoms with Gasteiger partial charge < -0.3 is 15.4 Å². The zero-order valence-corrected chi connectivity index (χ0v) is 19.9. The third kappa shape index (κ3) is 6.06. The van der Waals surface area contributed by atoms with E-state index in [0.717, 1.165) is 48.8 Å². The highest BCUT2D eigenvalue weighted by Crippen LogP contribution is 2.31. The molecule has 1 aromatic heterocycles. The summed E-state index contributed by atoms with van der Waals surface area (Å²) in [6.07, 6.45) is 5.94. The van der Waals surface area contributed by atoms with Gasteiger partial charge in [0.1, 0.15) is 22.3 Å². The van der Waals surface area contributed by atoms with Crippen LogP contribution in [-0.4, -0.2) is 45.7 Å². The van der Waals surface area contributed by atoms with E-state index in [0.29, 0.717) is 55.7 Å². The van der Waals surface area contributed by atoms with Gasteiger partial charge in [0.25, 0.3) is 0 Å². The maximum atomic E-state index is 14.4. The molecule has 33 heavy (non-hydrogen) atoms. The van der Waals surface area contributed by atoms with Crippen LogP contribution in [0.2, 0.25) is 0 Å². The fourth-order valence-electron chi connectivity index (χ4n) is 4.51. The van der Waals surface area contributed by atoms with Crippen LogP contribution >= 0.6 is 0 Å². The van der Waals surface area contributed by atoms with Crippen molar-refractivity contribution in [3.63, 3.8) is 0 Å². The first-order chi connectivity index (χ1) is 16.0. The molecule has 2 atom stereocenters. The number of unbranched alkanes of at least 4 members (excludes halogenated alkanes) is 1. The molecule has 4 rings (SSSR count). The number of rotatable bonds is 10. The molecule has 0 bridgehead atoms. The lowest BCUT2D eigenvalue weighted by molar-refractivity contribution is 0.0903. The summed E-state index contributed by atoms with van der Waals surface area (Å²) < 4.78 is 45.8. The Morgan fingerprint density at radius 1 is 1.21 bits per heavy atom. The Labute approximate surface area is 196 Å². The molecule has 0 saturated carbocycles. The Balaban J connectivity index is 1.46. The van der Waals surface area contributed by atoms with E-state index >= 15 is 0 Å². The minimum atomic E-state index is -1.09. The van der Waals surface area contributed by atoms with E-state index < -0.39 is 22.4 Å². The highest BCUT2D eigenvalue weighted by Gasteiger charge is 2.27. The van der Waals surface area contributed by atoms with E-state index in [-0.39, 0.29) is 12.0 Å². The van der Waals surface area contributed by atoms with Gasteiger partial charge in [0.05, 0.1) is 16.5 Å². The predicted molar refractivity (Wildman–Crippen MR) is 126 cm³/mol. The average molecular weight is 479 g/mol. The summed E-state index contributed by atoms with van der Waals surface area (Å²) in [4.78, 5) is 10.00. The molecule has 1 aromatic carbocycles. The molecule has 9 heteroatoms. The van der Waals surface area contributed by atoms with Crippen molar-refractivity contribution in [3.05, 3.63) is 41.1 Å². The molecule has 0 aliphatic carbocycles. The standard InChI is InChI=1S/C24H32F2N4O2S/c1-2-3-4-16(19-6-5-17(25)15-20(19)26)7-11-27-24-29-21-10-14-33(31)22(21)23(30-24)28-18-8-12-32-13-9-18/h5-6,15-16,18H,2-4,7-14H2,1H3,(H2,27,28,29,30). The van der Waals surface area contributed by atoms with Gasteiger partial charge in [-0.05, 0) is 43.2 Å². The van der Waals surface area contributed by atoms with Gasteiger partial charge in [-0.25, -0.2) is 13.8 Å². The molecule has 1 fully saturated rings. The molecule has 3 heterocycles. The summed E-state index contributed by atoms with van der Waals surface area (Å²) in [5.41, 5.74) is 1.38. The summed E-state index contributed by atoms with van der Waals surface area (Å²) in [6, 6.07) is 4.08. The first kappa shape index (κ1) is 24.0. The molecule has 1 saturated heterocycles. The number of hydrogen-bond donors (Lipinski definition) is 2. The van der Waals surface area contributed by atoms with Crippen molar-refractivity contribution in [1.29, 1.82) is 0 Å². The number of anilines is 2. The van der Waals surface area contributed by atoms with Crippen LogP contribution in [0.4, 0.5) is 20.5 Å². The summed E-state index contributed by atoms with van der Waals surface area (Å²) in [5, 5.41) is 6.76. The maximum absolute atomic E-state index is 14.4. The Kier molecular flexibility index (Phi) is 8.25. The van der Waals surface area contributed by atoms with E-state index in [1.165, 1.54) is 6.07 Å². The summed E-state index contributed by atoms with van der Waals surface area (Å²) in [6.45, 7) is 4.08. The van der Waals surface area contributed by atoms with Crippen LogP contribution in [0.25, 0.3) is 0 Å². The molecule has 2 aliphatic heterocycles. The second-order valence-corrected chi connectivity index (χ2v) is 10.2. The van der Waals surface area contributed by atoms with Gasteiger partial charge in [-0.15, -0.1) is 0 Å². The zero-order valence-electron chi connectivity index (χ0n) is 19.0. The van der Waals surface area contributed by atoms with Crippen LogP contribution in [0.3, 0.4) is 0 Å². The lowest BCUT2D eigenvalue weighted by Crippen LogP contribution is -2.29. The van der Waals surface area contributed by atoms with Crippen molar-refractivity contribution in [3.8, 4) is 0 Å². The molecular formula is C24H32F2N4O2S. The van der Waals surface area contributed by atoms with Gasteiger partial charge in [-0.2, -0.15) is 4.98 Å². The number of nitrogens with zero attached hydrogens (tertiary/aromatic N) is 2. The highest BCUT2D eigenvalue weighted by atomic mass is 32.2. The van der Waals surface area contributed by atoms with Gasteiger partial charge in [0, 0.05) is 44.0 Å². The SMILES string of the molecule is CCCCC(CCNc1nc2c(c(NC3CCOCC3)n1)S(=O)CC2)c1ccc(F)cc1F. The Morgan fingerprint density at radius 3 is 2.79 bits per heavy atom. The van der Waals surface area contributed by atoms with Crippen LogP contribution < -0.4 is 10.6 Å². The molecule has 0 radical (unpaired) electrons. The van der Waals surface area contributed by atoms with E-state index in [9.17, 15) is 13.0 Å². The van der Waals surface area contributed by atoms with Crippen molar-refractivity contribution < 1.29 is 17.7 Å². The maximum Gasteiger partial charge on any atom is 0.224 e. The van der Waals surface area contributed by atoms with E-state index in [1.54, 1.807) is 6.07 Å². The number of aromatic nitrogens is 2. The number of hydrogen-bond acceptors (Lipinski definition) is 6. The lowest BCUT2D eigenvalue weighted by atomic mass is 9.90. The minimum absolute atomic E-state index is 0.0141. The van der Waals surface area contributed by atoms with Crippen LogP contribution in [0.1, 0.15) is 62.6 Å². The van der Waals surface area contributed by atoms with Crippen molar-refractivity contribution in [2.45, 2.75) is 68.7 Å². The topological polar surface area (TPSA) is 76.1 Å². The number of fused-ring (bicyclic) bond motifs is 1. The summed E-state index contributed by atoms with van der Waals surface area (Å²) in [7, 11) is -1.09. The van der Waals surface area contributed by atoms with Gasteiger partial charge in [0.15, 0.2) is 0 Å². The van der Waals surface area contributed by atoms with E-state index in [2.05, 4.69) is 27.5 Å². The van der Waals surface area contributed by atoms with Gasteiger partial charge >= 0.3 is 0 Å². The Bertz CT molecular complexity index is 985. The normalized spacial score (nSPS) is 19.3. The fraction of sp³-hybridized carbons (Fsp3) is 0.583. The first-order valence-electron chi connectivity index (χ1n) is 11.9. The van der Waals surface area contributed by atoms with Crippen LogP contribution in [0, 0.1) is 11.6 Å². The van der Waals surface area contributed by atoms with E-state index in [1.807, 2.05) is 0 Å². The van der Waals surface area contributed by atoms with Crippen LogP contribution in [-0.2, 0) is 22.0 Å². The largest absolute Gasteiger partial charge is 0.381 e. The van der Waals surface area contributed by atoms with Crippen LogP contribution in [0.5, 0.6) is 0 Å². The average Bonchev–Trinajstić information content (AvgIpc) is 3.18. The Morgan fingerprint density at radius 2 is 2.03 bits per heavy atom. The van der Waals surface area contributed by atoms with Crippen molar-refractivity contribution >= 4 is 22.6 Å². The number of ether oxygens (including phenoxy) is 1.